The van der Waals surface area contributed by atoms with Gasteiger partial charge in [0.15, 0.2) is 0 Å². The molecule has 0 aliphatic heterocycles. The monoisotopic (exact) mass is 580 g/mol. The predicted molar refractivity (Wildman–Crippen MR) is 200 cm³/mol. The molecular formula is C46H28. The highest BCUT2D eigenvalue weighted by Gasteiger charge is 2.12. The van der Waals surface area contributed by atoms with Crippen molar-refractivity contribution in [2.45, 2.75) is 0 Å². The summed E-state index contributed by atoms with van der Waals surface area (Å²) in [6.45, 7) is 0. The van der Waals surface area contributed by atoms with E-state index >= 15 is 0 Å². The van der Waals surface area contributed by atoms with Crippen LogP contribution < -0.4 is 0 Å². The van der Waals surface area contributed by atoms with Crippen molar-refractivity contribution in [1.82, 2.24) is 0 Å². The predicted octanol–water partition coefficient (Wildman–Crippen LogP) is 13.1. The maximum absolute atomic E-state index is 2.38. The lowest BCUT2D eigenvalue weighted by atomic mass is 9.90. The highest BCUT2D eigenvalue weighted by atomic mass is 14.2. The van der Waals surface area contributed by atoms with Gasteiger partial charge < -0.3 is 0 Å². The second kappa shape index (κ2) is 9.76. The Morgan fingerprint density at radius 3 is 1.15 bits per heavy atom. The Morgan fingerprint density at radius 2 is 0.565 bits per heavy atom. The lowest BCUT2D eigenvalue weighted by Crippen LogP contribution is -1.87. The van der Waals surface area contributed by atoms with Crippen LogP contribution in [0, 0.1) is 0 Å². The molecule has 0 aliphatic rings. The first-order valence-electron chi connectivity index (χ1n) is 16.0. The molecule has 0 nitrogen and oxygen atoms in total. The zero-order chi connectivity index (χ0) is 30.2. The second-order valence-corrected chi connectivity index (χ2v) is 12.5. The molecule has 0 bridgehead atoms. The summed E-state index contributed by atoms with van der Waals surface area (Å²) in [5.74, 6) is 0. The Bertz CT molecular complexity index is 2850. The van der Waals surface area contributed by atoms with E-state index in [1.54, 1.807) is 0 Å². The largest absolute Gasteiger partial charge is 0.0616 e. The molecule has 0 spiro atoms. The van der Waals surface area contributed by atoms with Gasteiger partial charge in [-0.3, -0.25) is 0 Å². The lowest BCUT2D eigenvalue weighted by molar-refractivity contribution is 1.65. The smallest absolute Gasteiger partial charge is 0.00990 e. The van der Waals surface area contributed by atoms with Gasteiger partial charge in [0.1, 0.15) is 0 Å². The van der Waals surface area contributed by atoms with Crippen LogP contribution in [0.25, 0.3) is 97.7 Å². The summed E-state index contributed by atoms with van der Waals surface area (Å²) in [5.41, 5.74) is 4.97. The van der Waals surface area contributed by atoms with E-state index in [2.05, 4.69) is 170 Å². The highest BCUT2D eigenvalue weighted by molar-refractivity contribution is 6.19. The maximum atomic E-state index is 2.38. The van der Waals surface area contributed by atoms with Crippen LogP contribution in [0.2, 0.25) is 0 Å². The maximum Gasteiger partial charge on any atom is -0.00990 e. The molecule has 10 aromatic carbocycles. The topological polar surface area (TPSA) is 0 Å². The van der Waals surface area contributed by atoms with Crippen molar-refractivity contribution in [3.8, 4) is 22.3 Å². The number of fused-ring (bicyclic) bond motifs is 11. The van der Waals surface area contributed by atoms with Crippen LogP contribution in [0.3, 0.4) is 0 Å². The normalized spacial score (nSPS) is 11.9. The zero-order valence-corrected chi connectivity index (χ0v) is 25.2. The van der Waals surface area contributed by atoms with Crippen LogP contribution in [0.15, 0.2) is 170 Å². The first kappa shape index (κ1) is 25.4. The molecule has 0 radical (unpaired) electrons. The molecule has 0 N–H and O–H groups in total. The number of hydrogen-bond acceptors (Lipinski definition) is 0. The van der Waals surface area contributed by atoms with Crippen molar-refractivity contribution in [3.05, 3.63) is 170 Å². The minimum atomic E-state index is 1.23. The summed E-state index contributed by atoms with van der Waals surface area (Å²) in [7, 11) is 0. The molecule has 0 saturated heterocycles. The van der Waals surface area contributed by atoms with Crippen molar-refractivity contribution in [3.63, 3.8) is 0 Å². The van der Waals surface area contributed by atoms with Gasteiger partial charge in [0.05, 0.1) is 0 Å². The zero-order valence-electron chi connectivity index (χ0n) is 25.2. The first-order chi connectivity index (χ1) is 22.8. The third kappa shape index (κ3) is 3.81. The van der Waals surface area contributed by atoms with Gasteiger partial charge in [0.2, 0.25) is 0 Å². The fraction of sp³-hybridized carbons (Fsp3) is 0. The lowest BCUT2D eigenvalue weighted by Gasteiger charge is -2.14. The van der Waals surface area contributed by atoms with Crippen LogP contribution in [0.1, 0.15) is 0 Å². The Morgan fingerprint density at radius 1 is 0.196 bits per heavy atom. The molecule has 0 saturated carbocycles. The summed E-state index contributed by atoms with van der Waals surface area (Å²) in [4.78, 5) is 0. The van der Waals surface area contributed by atoms with Gasteiger partial charge in [-0.2, -0.15) is 0 Å². The van der Waals surface area contributed by atoms with E-state index in [0.717, 1.165) is 0 Å². The minimum absolute atomic E-state index is 1.23. The van der Waals surface area contributed by atoms with Gasteiger partial charge in [-0.15, -0.1) is 0 Å². The van der Waals surface area contributed by atoms with Crippen molar-refractivity contribution >= 4 is 75.4 Å². The number of benzene rings is 10. The first-order valence-corrected chi connectivity index (χ1v) is 16.0. The van der Waals surface area contributed by atoms with Crippen molar-refractivity contribution in [2.24, 2.45) is 0 Å². The van der Waals surface area contributed by atoms with E-state index in [9.17, 15) is 0 Å². The number of hydrogen-bond donors (Lipinski definition) is 0. The molecule has 46 heavy (non-hydrogen) atoms. The van der Waals surface area contributed by atoms with E-state index in [4.69, 9.17) is 0 Å². The molecule has 212 valence electrons. The van der Waals surface area contributed by atoms with Gasteiger partial charge in [-0.1, -0.05) is 146 Å². The minimum Gasteiger partial charge on any atom is -0.0616 e. The Kier molecular flexibility index (Phi) is 5.38. The van der Waals surface area contributed by atoms with E-state index < -0.39 is 0 Å². The molecule has 0 aromatic heterocycles. The molecule has 10 rings (SSSR count). The Balaban J connectivity index is 1.14. The Hall–Kier alpha value is -5.98. The van der Waals surface area contributed by atoms with Gasteiger partial charge >= 0.3 is 0 Å². The molecule has 0 heterocycles. The molecule has 0 unspecified atom stereocenters. The van der Waals surface area contributed by atoms with Gasteiger partial charge in [-0.25, -0.2) is 0 Å². The standard InChI is InChI=1S/C46H28/c1-4-10-37-29(7-1)13-21-44-40-19-15-31(25-33(40)17-23-42(37)44)36-27-32-9-3-6-12-39(32)46(28-36)35-16-20-41-34(26-35)18-24-43-38-11-5-2-8-30(38)14-22-45(41)43/h1-28H. The van der Waals surface area contributed by atoms with Crippen LogP contribution in [-0.4, -0.2) is 0 Å². The fourth-order valence-electron chi connectivity index (χ4n) is 7.72. The SMILES string of the molecule is c1ccc2c(-c3ccc4c(ccc5c6ccccc6ccc45)c3)cc(-c3ccc4c(ccc5c6ccccc6ccc45)c3)cc2c1. The molecule has 10 aromatic rings. The average Bonchev–Trinajstić information content (AvgIpc) is 3.13. The van der Waals surface area contributed by atoms with Crippen molar-refractivity contribution in [2.75, 3.05) is 0 Å². The summed E-state index contributed by atoms with van der Waals surface area (Å²) in [5, 5.41) is 18.0. The van der Waals surface area contributed by atoms with Crippen LogP contribution >= 0.6 is 0 Å². The molecular weight excluding hydrogens is 553 g/mol. The molecule has 0 atom stereocenters. The third-order valence-electron chi connectivity index (χ3n) is 9.99. The van der Waals surface area contributed by atoms with Crippen LogP contribution in [0.4, 0.5) is 0 Å². The fourth-order valence-corrected chi connectivity index (χ4v) is 7.72. The second-order valence-electron chi connectivity index (χ2n) is 12.5. The van der Waals surface area contributed by atoms with E-state index in [-0.39, 0.29) is 0 Å². The summed E-state index contributed by atoms with van der Waals surface area (Å²) >= 11 is 0. The van der Waals surface area contributed by atoms with E-state index in [1.165, 1.54) is 97.7 Å². The van der Waals surface area contributed by atoms with Crippen molar-refractivity contribution in [1.29, 1.82) is 0 Å². The summed E-state index contributed by atoms with van der Waals surface area (Å²) in [6, 6.07) is 63.0. The van der Waals surface area contributed by atoms with Gasteiger partial charge in [-0.05, 0) is 122 Å². The van der Waals surface area contributed by atoms with Crippen molar-refractivity contribution < 1.29 is 0 Å². The molecule has 0 fully saturated rings. The molecule has 0 heteroatoms. The third-order valence-corrected chi connectivity index (χ3v) is 9.99. The molecule has 0 amide bonds. The molecule has 0 aliphatic carbocycles. The highest BCUT2D eigenvalue weighted by Crippen LogP contribution is 2.39. The van der Waals surface area contributed by atoms with Gasteiger partial charge in [0, 0.05) is 0 Å². The quantitative estimate of drug-likeness (QED) is 0.178. The van der Waals surface area contributed by atoms with E-state index in [0.29, 0.717) is 0 Å². The van der Waals surface area contributed by atoms with Crippen LogP contribution in [-0.2, 0) is 0 Å². The average molecular weight is 581 g/mol. The van der Waals surface area contributed by atoms with Crippen LogP contribution in [0.5, 0.6) is 0 Å². The Labute approximate surface area is 266 Å². The number of rotatable bonds is 2. The van der Waals surface area contributed by atoms with E-state index in [1.807, 2.05) is 0 Å². The summed E-state index contributed by atoms with van der Waals surface area (Å²) < 4.78 is 0. The van der Waals surface area contributed by atoms with Gasteiger partial charge in [0.25, 0.3) is 0 Å². The summed E-state index contributed by atoms with van der Waals surface area (Å²) in [6.07, 6.45) is 0.